The molecule has 0 radical (unpaired) electrons. The predicted molar refractivity (Wildman–Crippen MR) is 66.5 cm³/mol. The van der Waals surface area contributed by atoms with Crippen LogP contribution >= 0.6 is 0 Å². The quantitative estimate of drug-likeness (QED) is 0.779. The number of hydrogen-bond donors (Lipinski definition) is 1. The van der Waals surface area contributed by atoms with E-state index in [9.17, 15) is 14.4 Å². The fraction of sp³-hybridized carbons (Fsp3) is 0.500. The van der Waals surface area contributed by atoms with E-state index in [2.05, 4.69) is 14.7 Å². The molecule has 0 bridgehead atoms. The number of hydrogen-bond acceptors (Lipinski definition) is 6. The third-order valence-corrected chi connectivity index (χ3v) is 2.88. The van der Waals surface area contributed by atoms with Crippen LogP contribution in [0.5, 0.6) is 5.75 Å². The van der Waals surface area contributed by atoms with Crippen molar-refractivity contribution in [3.8, 4) is 5.75 Å². The molecule has 1 unspecified atom stereocenters. The van der Waals surface area contributed by atoms with Crippen LogP contribution in [0.15, 0.2) is 18.9 Å². The Balaban J connectivity index is 2.08. The smallest absolute Gasteiger partial charge is 0.438 e. The van der Waals surface area contributed by atoms with Crippen LogP contribution in [0.4, 0.5) is 0 Å². The maximum absolute atomic E-state index is 11.4. The van der Waals surface area contributed by atoms with E-state index in [0.717, 1.165) is 0 Å². The number of rotatable bonds is 5. The Bertz CT molecular complexity index is 702. The van der Waals surface area contributed by atoms with Crippen molar-refractivity contribution in [3.05, 3.63) is 42.4 Å². The highest BCUT2D eigenvalue weighted by Crippen LogP contribution is 2.22. The maximum atomic E-state index is 11.4. The lowest BCUT2D eigenvalue weighted by molar-refractivity contribution is 0.276. The molecule has 0 spiro atoms. The average Bonchev–Trinajstić information content (AvgIpc) is 2.79. The summed E-state index contributed by atoms with van der Waals surface area (Å²) in [6.45, 7) is 5.53. The van der Waals surface area contributed by atoms with Crippen molar-refractivity contribution < 1.29 is 9.26 Å². The lowest BCUT2D eigenvalue weighted by atomic mass is 9.97. The number of aromatic nitrogens is 2. The summed E-state index contributed by atoms with van der Waals surface area (Å²) >= 11 is 0. The standard InChI is InChI=1S/C12H14N2O5/c1-5(2)7-8(15)9(16)10(7)18-4-6(3)11-13-12(17)19-14-11/h5-6H,4H2,1-3H3,(H,13,14,17). The molecule has 0 amide bonds. The minimum atomic E-state index is -0.640. The zero-order chi connectivity index (χ0) is 14.2. The van der Waals surface area contributed by atoms with Gasteiger partial charge in [0.2, 0.25) is 5.43 Å². The molecule has 1 heterocycles. The van der Waals surface area contributed by atoms with E-state index in [-0.39, 0.29) is 24.2 Å². The molecule has 1 atom stereocenters. The molecule has 102 valence electrons. The van der Waals surface area contributed by atoms with E-state index in [1.807, 2.05) is 13.8 Å². The Morgan fingerprint density at radius 2 is 1.89 bits per heavy atom. The van der Waals surface area contributed by atoms with Crippen LogP contribution < -0.4 is 21.4 Å². The second kappa shape index (κ2) is 4.83. The molecule has 0 fully saturated rings. The van der Waals surface area contributed by atoms with Crippen LogP contribution in [-0.4, -0.2) is 16.7 Å². The van der Waals surface area contributed by atoms with Gasteiger partial charge >= 0.3 is 5.76 Å². The Labute approximate surface area is 107 Å². The van der Waals surface area contributed by atoms with Crippen molar-refractivity contribution >= 4 is 0 Å². The normalized spacial score (nSPS) is 13.1. The van der Waals surface area contributed by atoms with Gasteiger partial charge in [0.15, 0.2) is 11.6 Å². The van der Waals surface area contributed by atoms with Gasteiger partial charge in [-0.15, -0.1) is 0 Å². The minimum absolute atomic E-state index is 0.0534. The first-order valence-corrected chi connectivity index (χ1v) is 5.93. The summed E-state index contributed by atoms with van der Waals surface area (Å²) in [5, 5.41) is 3.53. The van der Waals surface area contributed by atoms with Crippen molar-refractivity contribution in [1.29, 1.82) is 0 Å². The second-order valence-corrected chi connectivity index (χ2v) is 4.75. The third kappa shape index (κ3) is 2.35. The second-order valence-electron chi connectivity index (χ2n) is 4.75. The zero-order valence-electron chi connectivity index (χ0n) is 10.9. The lowest BCUT2D eigenvalue weighted by Gasteiger charge is -2.16. The van der Waals surface area contributed by atoms with Gasteiger partial charge in [-0.05, 0) is 5.92 Å². The molecule has 0 saturated heterocycles. The molecule has 1 N–H and O–H groups in total. The van der Waals surface area contributed by atoms with Crippen LogP contribution in [0, 0.1) is 0 Å². The van der Waals surface area contributed by atoms with Gasteiger partial charge in [0.25, 0.3) is 5.43 Å². The van der Waals surface area contributed by atoms with Gasteiger partial charge in [-0.3, -0.25) is 19.1 Å². The van der Waals surface area contributed by atoms with Crippen molar-refractivity contribution in [2.24, 2.45) is 0 Å². The van der Waals surface area contributed by atoms with Gasteiger partial charge in [0, 0.05) is 0 Å². The topological polar surface area (TPSA) is 102 Å². The van der Waals surface area contributed by atoms with Crippen molar-refractivity contribution in [2.75, 3.05) is 6.61 Å². The van der Waals surface area contributed by atoms with E-state index < -0.39 is 16.6 Å². The molecule has 1 aromatic heterocycles. The zero-order valence-corrected chi connectivity index (χ0v) is 10.9. The van der Waals surface area contributed by atoms with Crippen molar-refractivity contribution in [1.82, 2.24) is 10.1 Å². The van der Waals surface area contributed by atoms with E-state index in [1.165, 1.54) is 0 Å². The lowest BCUT2D eigenvalue weighted by Crippen LogP contribution is -2.38. The summed E-state index contributed by atoms with van der Waals surface area (Å²) in [6.07, 6.45) is 0. The predicted octanol–water partition coefficient (Wildman–Crippen LogP) is 0.265. The fourth-order valence-corrected chi connectivity index (χ4v) is 1.80. The monoisotopic (exact) mass is 266 g/mol. The third-order valence-electron chi connectivity index (χ3n) is 2.88. The van der Waals surface area contributed by atoms with Gasteiger partial charge < -0.3 is 4.74 Å². The number of H-pyrrole nitrogens is 1. The molecule has 0 aliphatic rings. The van der Waals surface area contributed by atoms with Gasteiger partial charge in [-0.1, -0.05) is 25.9 Å². The van der Waals surface area contributed by atoms with Gasteiger partial charge in [-0.2, -0.15) is 0 Å². The first kappa shape index (κ1) is 13.3. The summed E-state index contributed by atoms with van der Waals surface area (Å²) in [5.74, 6) is -0.482. The van der Waals surface area contributed by atoms with Crippen molar-refractivity contribution in [3.63, 3.8) is 0 Å². The summed E-state index contributed by atoms with van der Waals surface area (Å²) in [6, 6.07) is 0. The van der Waals surface area contributed by atoms with E-state index in [0.29, 0.717) is 11.4 Å². The molecule has 0 aliphatic carbocycles. The first-order chi connectivity index (χ1) is 8.91. The highest BCUT2D eigenvalue weighted by atomic mass is 16.5. The molecule has 1 aromatic carbocycles. The van der Waals surface area contributed by atoms with Gasteiger partial charge in [0.1, 0.15) is 0 Å². The molecule has 0 aliphatic heterocycles. The van der Waals surface area contributed by atoms with E-state index in [1.54, 1.807) is 6.92 Å². The minimum Gasteiger partial charge on any atom is -0.488 e. The highest BCUT2D eigenvalue weighted by molar-refractivity contribution is 5.41. The van der Waals surface area contributed by atoms with Gasteiger partial charge in [0.05, 0.1) is 18.1 Å². The summed E-state index contributed by atoms with van der Waals surface area (Å²) in [7, 11) is 0. The highest BCUT2D eigenvalue weighted by Gasteiger charge is 2.25. The molecule has 19 heavy (non-hydrogen) atoms. The molecular formula is C12H14N2O5. The molecule has 7 nitrogen and oxygen atoms in total. The summed E-state index contributed by atoms with van der Waals surface area (Å²) in [5.41, 5.74) is -0.650. The molecular weight excluding hydrogens is 252 g/mol. The Morgan fingerprint density at radius 1 is 1.21 bits per heavy atom. The molecule has 2 aromatic rings. The van der Waals surface area contributed by atoms with E-state index >= 15 is 0 Å². The maximum Gasteiger partial charge on any atom is 0.438 e. The van der Waals surface area contributed by atoms with Crippen LogP contribution in [0.1, 0.15) is 44.0 Å². The van der Waals surface area contributed by atoms with Crippen LogP contribution in [0.25, 0.3) is 0 Å². The molecule has 7 heteroatoms. The van der Waals surface area contributed by atoms with Crippen molar-refractivity contribution in [2.45, 2.75) is 32.6 Å². The van der Waals surface area contributed by atoms with Gasteiger partial charge in [-0.25, -0.2) is 4.79 Å². The fourth-order valence-electron chi connectivity index (χ4n) is 1.80. The number of aromatic amines is 1. The largest absolute Gasteiger partial charge is 0.488 e. The average molecular weight is 266 g/mol. The molecule has 2 rings (SSSR count). The Morgan fingerprint density at radius 3 is 2.42 bits per heavy atom. The van der Waals surface area contributed by atoms with E-state index in [4.69, 9.17) is 4.74 Å². The van der Waals surface area contributed by atoms with Crippen LogP contribution in [-0.2, 0) is 0 Å². The summed E-state index contributed by atoms with van der Waals surface area (Å²) in [4.78, 5) is 36.0. The number of nitrogens with zero attached hydrogens (tertiary/aromatic N) is 1. The molecule has 0 saturated carbocycles. The number of ether oxygens (including phenoxy) is 1. The number of nitrogens with one attached hydrogen (secondary N) is 1. The SMILES string of the molecule is CC(C)c1c(OCC(C)c2noc(=O)[nH]2)c(=O)c1=O. The first-order valence-electron chi connectivity index (χ1n) is 5.93. The Hall–Kier alpha value is -2.18. The summed E-state index contributed by atoms with van der Waals surface area (Å²) < 4.78 is 9.75. The van der Waals surface area contributed by atoms with Crippen LogP contribution in [0.3, 0.4) is 0 Å². The van der Waals surface area contributed by atoms with Crippen LogP contribution in [0.2, 0.25) is 0 Å². The Kier molecular flexibility index (Phi) is 3.37.